The standard InChI is InChI=1S/C21H19Br2NO3/c1-25-18-12-19(26-2)21(20(13-18)27-3)24(16-8-4-14(22)5-9-16)17-10-6-15(23)7-11-17/h4-13H,1-3H3. The summed E-state index contributed by atoms with van der Waals surface area (Å²) in [5.41, 5.74) is 2.75. The molecule has 0 N–H and O–H groups in total. The first-order valence-corrected chi connectivity index (χ1v) is 9.77. The van der Waals surface area contributed by atoms with Crippen LogP contribution < -0.4 is 19.1 Å². The van der Waals surface area contributed by atoms with E-state index in [-0.39, 0.29) is 0 Å². The highest BCUT2D eigenvalue weighted by Gasteiger charge is 2.23. The van der Waals surface area contributed by atoms with Gasteiger partial charge in [-0.05, 0) is 48.5 Å². The third-order valence-electron chi connectivity index (χ3n) is 4.08. The van der Waals surface area contributed by atoms with Gasteiger partial charge in [0.1, 0.15) is 22.9 Å². The van der Waals surface area contributed by atoms with Gasteiger partial charge in [-0.15, -0.1) is 0 Å². The topological polar surface area (TPSA) is 30.9 Å². The lowest BCUT2D eigenvalue weighted by atomic mass is 10.1. The molecule has 3 aromatic carbocycles. The van der Waals surface area contributed by atoms with Crippen LogP contribution in [0.3, 0.4) is 0 Å². The van der Waals surface area contributed by atoms with E-state index in [1.54, 1.807) is 21.3 Å². The van der Waals surface area contributed by atoms with Crippen LogP contribution in [0.1, 0.15) is 0 Å². The Hall–Kier alpha value is -2.18. The fraction of sp³-hybridized carbons (Fsp3) is 0.143. The Labute approximate surface area is 175 Å². The summed E-state index contributed by atoms with van der Waals surface area (Å²) >= 11 is 7.00. The number of nitrogens with zero attached hydrogens (tertiary/aromatic N) is 1. The van der Waals surface area contributed by atoms with Gasteiger partial charge in [0.15, 0.2) is 0 Å². The maximum Gasteiger partial charge on any atom is 0.150 e. The van der Waals surface area contributed by atoms with Crippen LogP contribution in [-0.2, 0) is 0 Å². The Morgan fingerprint density at radius 1 is 0.630 bits per heavy atom. The zero-order valence-electron chi connectivity index (χ0n) is 15.2. The molecule has 0 atom stereocenters. The van der Waals surface area contributed by atoms with Gasteiger partial charge in [0.25, 0.3) is 0 Å². The van der Waals surface area contributed by atoms with Gasteiger partial charge in [-0.3, -0.25) is 0 Å². The molecular formula is C21H19Br2NO3. The van der Waals surface area contributed by atoms with Crippen LogP contribution in [0.25, 0.3) is 0 Å². The number of rotatable bonds is 6. The summed E-state index contributed by atoms with van der Waals surface area (Å²) in [4.78, 5) is 2.09. The van der Waals surface area contributed by atoms with Gasteiger partial charge in [0.2, 0.25) is 0 Å². The average molecular weight is 493 g/mol. The van der Waals surface area contributed by atoms with Gasteiger partial charge < -0.3 is 19.1 Å². The Kier molecular flexibility index (Phi) is 6.29. The van der Waals surface area contributed by atoms with Crippen molar-refractivity contribution < 1.29 is 14.2 Å². The largest absolute Gasteiger partial charge is 0.496 e. The maximum absolute atomic E-state index is 5.68. The third kappa shape index (κ3) is 4.22. The van der Waals surface area contributed by atoms with Crippen molar-refractivity contribution in [1.29, 1.82) is 0 Å². The van der Waals surface area contributed by atoms with E-state index in [1.807, 2.05) is 60.7 Å². The predicted molar refractivity (Wildman–Crippen MR) is 116 cm³/mol. The summed E-state index contributed by atoms with van der Waals surface area (Å²) < 4.78 is 18.8. The molecular weight excluding hydrogens is 474 g/mol. The molecule has 4 nitrogen and oxygen atoms in total. The number of methoxy groups -OCH3 is 3. The second-order valence-corrected chi connectivity index (χ2v) is 7.50. The normalized spacial score (nSPS) is 10.4. The monoisotopic (exact) mass is 491 g/mol. The number of hydrogen-bond acceptors (Lipinski definition) is 4. The Balaban J connectivity index is 2.27. The third-order valence-corrected chi connectivity index (χ3v) is 5.14. The van der Waals surface area contributed by atoms with Crippen molar-refractivity contribution in [2.75, 3.05) is 26.2 Å². The minimum absolute atomic E-state index is 0.650. The van der Waals surface area contributed by atoms with Crippen molar-refractivity contribution in [2.45, 2.75) is 0 Å². The van der Waals surface area contributed by atoms with Gasteiger partial charge in [-0.1, -0.05) is 31.9 Å². The highest BCUT2D eigenvalue weighted by molar-refractivity contribution is 9.10. The molecule has 3 rings (SSSR count). The quantitative estimate of drug-likeness (QED) is 0.382. The van der Waals surface area contributed by atoms with Gasteiger partial charge >= 0.3 is 0 Å². The van der Waals surface area contributed by atoms with Crippen LogP contribution in [0.15, 0.2) is 69.6 Å². The van der Waals surface area contributed by atoms with Crippen molar-refractivity contribution in [2.24, 2.45) is 0 Å². The lowest BCUT2D eigenvalue weighted by Gasteiger charge is -2.29. The van der Waals surface area contributed by atoms with E-state index in [2.05, 4.69) is 36.8 Å². The first-order chi connectivity index (χ1) is 13.1. The molecule has 0 saturated carbocycles. The van der Waals surface area contributed by atoms with Crippen molar-refractivity contribution in [3.63, 3.8) is 0 Å². The van der Waals surface area contributed by atoms with Crippen molar-refractivity contribution in [1.82, 2.24) is 0 Å². The van der Waals surface area contributed by atoms with Gasteiger partial charge in [0.05, 0.1) is 21.3 Å². The second kappa shape index (κ2) is 8.67. The molecule has 0 heterocycles. The molecule has 0 saturated heterocycles. The minimum atomic E-state index is 0.650. The van der Waals surface area contributed by atoms with E-state index in [0.717, 1.165) is 26.0 Å². The Bertz CT molecular complexity index is 841. The second-order valence-electron chi connectivity index (χ2n) is 5.67. The van der Waals surface area contributed by atoms with Crippen molar-refractivity contribution in [3.8, 4) is 17.2 Å². The Morgan fingerprint density at radius 3 is 1.37 bits per heavy atom. The van der Waals surface area contributed by atoms with Crippen molar-refractivity contribution >= 4 is 48.9 Å². The molecule has 0 radical (unpaired) electrons. The SMILES string of the molecule is COc1cc(OC)c(N(c2ccc(Br)cc2)c2ccc(Br)cc2)c(OC)c1. The smallest absolute Gasteiger partial charge is 0.150 e. The summed E-state index contributed by atoms with van der Waals surface area (Å²) in [6.07, 6.45) is 0. The minimum Gasteiger partial charge on any atom is -0.496 e. The molecule has 140 valence electrons. The van der Waals surface area contributed by atoms with Crippen LogP contribution in [0.2, 0.25) is 0 Å². The summed E-state index contributed by atoms with van der Waals surface area (Å²) in [6, 6.07) is 19.9. The van der Waals surface area contributed by atoms with Crippen LogP contribution in [-0.4, -0.2) is 21.3 Å². The first kappa shape index (κ1) is 19.6. The van der Waals surface area contributed by atoms with Crippen LogP contribution in [0, 0.1) is 0 Å². The molecule has 0 fully saturated rings. The fourth-order valence-corrected chi connectivity index (χ4v) is 3.32. The number of anilines is 3. The lowest BCUT2D eigenvalue weighted by Crippen LogP contribution is -2.12. The predicted octanol–water partition coefficient (Wildman–Crippen LogP) is 6.71. The molecule has 27 heavy (non-hydrogen) atoms. The van der Waals surface area contributed by atoms with Gasteiger partial charge in [-0.2, -0.15) is 0 Å². The van der Waals surface area contributed by atoms with Crippen LogP contribution in [0.4, 0.5) is 17.1 Å². The first-order valence-electron chi connectivity index (χ1n) is 8.18. The summed E-state index contributed by atoms with van der Waals surface area (Å²) in [7, 11) is 4.90. The molecule has 6 heteroatoms. The molecule has 0 aliphatic carbocycles. The van der Waals surface area contributed by atoms with E-state index < -0.39 is 0 Å². The highest BCUT2D eigenvalue weighted by Crippen LogP contribution is 2.48. The van der Waals surface area contributed by atoms with E-state index >= 15 is 0 Å². The molecule has 0 aromatic heterocycles. The lowest BCUT2D eigenvalue weighted by molar-refractivity contribution is 0.377. The number of ether oxygens (including phenoxy) is 3. The molecule has 0 aliphatic rings. The molecule has 3 aromatic rings. The van der Waals surface area contributed by atoms with Crippen LogP contribution in [0.5, 0.6) is 17.2 Å². The summed E-state index contributed by atoms with van der Waals surface area (Å²) in [5, 5.41) is 0. The molecule has 0 aliphatic heterocycles. The van der Waals surface area contributed by atoms with Crippen molar-refractivity contribution in [3.05, 3.63) is 69.6 Å². The maximum atomic E-state index is 5.68. The summed E-state index contributed by atoms with van der Waals surface area (Å²) in [6.45, 7) is 0. The van der Waals surface area contributed by atoms with Gasteiger partial charge in [0, 0.05) is 32.5 Å². The average Bonchev–Trinajstić information content (AvgIpc) is 2.70. The molecule has 0 bridgehead atoms. The van der Waals surface area contributed by atoms with E-state index in [9.17, 15) is 0 Å². The fourth-order valence-electron chi connectivity index (χ4n) is 2.80. The zero-order valence-corrected chi connectivity index (χ0v) is 18.4. The van der Waals surface area contributed by atoms with E-state index in [4.69, 9.17) is 14.2 Å². The van der Waals surface area contributed by atoms with E-state index in [0.29, 0.717) is 17.2 Å². The number of hydrogen-bond donors (Lipinski definition) is 0. The van der Waals surface area contributed by atoms with E-state index in [1.165, 1.54) is 0 Å². The number of halogens is 2. The zero-order chi connectivity index (χ0) is 19.4. The van der Waals surface area contributed by atoms with Gasteiger partial charge in [-0.25, -0.2) is 0 Å². The summed E-state index contributed by atoms with van der Waals surface area (Å²) in [5.74, 6) is 1.97. The number of benzene rings is 3. The molecule has 0 unspecified atom stereocenters. The van der Waals surface area contributed by atoms with Crippen LogP contribution >= 0.6 is 31.9 Å². The highest BCUT2D eigenvalue weighted by atomic mass is 79.9. The molecule has 0 amide bonds. The molecule has 0 spiro atoms. The Morgan fingerprint density at radius 2 is 1.04 bits per heavy atom.